The standard InChI is InChI=1S/C12H15ClN4O4S2/c13-8-1-2-9(15-12(14)22)10(19)11(8)23(20,21)16-17-5-3-7(18)4-6-17/h1-2,16,19H,3-6H2,(H3,14,15,22). The lowest BCUT2D eigenvalue weighted by molar-refractivity contribution is -0.121. The van der Waals surface area contributed by atoms with Crippen molar-refractivity contribution in [2.75, 3.05) is 18.4 Å². The summed E-state index contributed by atoms with van der Waals surface area (Å²) < 4.78 is 25.0. The molecule has 1 heterocycles. The van der Waals surface area contributed by atoms with Gasteiger partial charge in [0.2, 0.25) is 0 Å². The first kappa shape index (κ1) is 17.9. The van der Waals surface area contributed by atoms with Gasteiger partial charge >= 0.3 is 0 Å². The van der Waals surface area contributed by atoms with E-state index in [0.717, 1.165) is 0 Å². The first-order chi connectivity index (χ1) is 10.7. The van der Waals surface area contributed by atoms with Crippen LogP contribution in [0.15, 0.2) is 17.0 Å². The van der Waals surface area contributed by atoms with Crippen molar-refractivity contribution in [1.29, 1.82) is 0 Å². The molecule has 1 aromatic rings. The van der Waals surface area contributed by atoms with E-state index < -0.39 is 20.7 Å². The number of carbonyl (C=O) groups excluding carboxylic acids is 1. The van der Waals surface area contributed by atoms with Gasteiger partial charge in [0.1, 0.15) is 10.7 Å². The van der Waals surface area contributed by atoms with Crippen molar-refractivity contribution < 1.29 is 18.3 Å². The fourth-order valence-electron chi connectivity index (χ4n) is 2.10. The summed E-state index contributed by atoms with van der Waals surface area (Å²) >= 11 is 10.6. The normalized spacial score (nSPS) is 16.3. The lowest BCUT2D eigenvalue weighted by Crippen LogP contribution is -2.46. The van der Waals surface area contributed by atoms with Gasteiger partial charge < -0.3 is 16.2 Å². The number of anilines is 1. The van der Waals surface area contributed by atoms with Crippen LogP contribution in [0.3, 0.4) is 0 Å². The highest BCUT2D eigenvalue weighted by Crippen LogP contribution is 2.36. The Labute approximate surface area is 143 Å². The fourth-order valence-corrected chi connectivity index (χ4v) is 3.97. The summed E-state index contributed by atoms with van der Waals surface area (Å²) in [5, 5.41) is 13.7. The molecule has 0 bridgehead atoms. The second-order valence-corrected chi connectivity index (χ2v) is 7.33. The number of rotatable bonds is 4. The summed E-state index contributed by atoms with van der Waals surface area (Å²) in [6.07, 6.45) is 0.510. The van der Waals surface area contributed by atoms with Crippen molar-refractivity contribution in [2.45, 2.75) is 17.7 Å². The molecule has 1 fully saturated rings. The Bertz CT molecular complexity index is 744. The monoisotopic (exact) mass is 378 g/mol. The average molecular weight is 379 g/mol. The van der Waals surface area contributed by atoms with Crippen molar-refractivity contribution in [1.82, 2.24) is 9.84 Å². The number of piperidine rings is 1. The summed E-state index contributed by atoms with van der Waals surface area (Å²) in [5.74, 6) is -0.519. The van der Waals surface area contributed by atoms with Crippen LogP contribution in [0, 0.1) is 0 Å². The Balaban J connectivity index is 2.31. The molecule has 0 aromatic heterocycles. The van der Waals surface area contributed by atoms with Crippen LogP contribution in [0.1, 0.15) is 12.8 Å². The molecule has 126 valence electrons. The van der Waals surface area contributed by atoms with Crippen molar-refractivity contribution in [3.8, 4) is 5.75 Å². The lowest BCUT2D eigenvalue weighted by Gasteiger charge is -2.26. The number of sulfonamides is 1. The Hall–Kier alpha value is -1.46. The topological polar surface area (TPSA) is 125 Å². The lowest BCUT2D eigenvalue weighted by atomic mass is 10.1. The Morgan fingerprint density at radius 2 is 1.96 bits per heavy atom. The molecule has 0 radical (unpaired) electrons. The van der Waals surface area contributed by atoms with E-state index in [1.807, 2.05) is 0 Å². The highest BCUT2D eigenvalue weighted by molar-refractivity contribution is 7.89. The van der Waals surface area contributed by atoms with Gasteiger partial charge in [-0.25, -0.2) is 13.4 Å². The van der Waals surface area contributed by atoms with E-state index in [4.69, 9.17) is 17.3 Å². The molecule has 5 N–H and O–H groups in total. The van der Waals surface area contributed by atoms with E-state index in [1.165, 1.54) is 17.1 Å². The molecule has 0 spiro atoms. The van der Waals surface area contributed by atoms with Gasteiger partial charge in [0, 0.05) is 25.9 Å². The first-order valence-electron chi connectivity index (χ1n) is 6.57. The maximum Gasteiger partial charge on any atom is 0.258 e. The molecule has 0 saturated carbocycles. The summed E-state index contributed by atoms with van der Waals surface area (Å²) in [5.41, 5.74) is 5.35. The van der Waals surface area contributed by atoms with Crippen LogP contribution in [0.25, 0.3) is 0 Å². The van der Waals surface area contributed by atoms with Crippen LogP contribution < -0.4 is 15.9 Å². The van der Waals surface area contributed by atoms with Gasteiger partial charge in [0.05, 0.1) is 10.7 Å². The smallest absolute Gasteiger partial charge is 0.258 e. The molecule has 1 aliphatic rings. The van der Waals surface area contributed by atoms with Crippen LogP contribution in [0.4, 0.5) is 5.69 Å². The number of hydrogen-bond acceptors (Lipinski definition) is 6. The average Bonchev–Trinajstić information content (AvgIpc) is 2.44. The second kappa shape index (κ2) is 6.97. The van der Waals surface area contributed by atoms with Crippen LogP contribution in [0.5, 0.6) is 5.75 Å². The number of nitrogens with one attached hydrogen (secondary N) is 2. The minimum atomic E-state index is -4.14. The van der Waals surface area contributed by atoms with Gasteiger partial charge in [0.15, 0.2) is 10.9 Å². The van der Waals surface area contributed by atoms with Crippen molar-refractivity contribution in [3.05, 3.63) is 17.2 Å². The molecular formula is C12H15ClN4O4S2. The SMILES string of the molecule is NC(=S)Nc1ccc(Cl)c(S(=O)(=O)NN2CCC(=O)CC2)c1O. The Kier molecular flexibility index (Phi) is 5.42. The summed E-state index contributed by atoms with van der Waals surface area (Å²) in [6, 6.07) is 2.66. The largest absolute Gasteiger partial charge is 0.504 e. The third kappa shape index (κ3) is 4.30. The Morgan fingerprint density at radius 1 is 1.35 bits per heavy atom. The highest BCUT2D eigenvalue weighted by atomic mass is 35.5. The van der Waals surface area contributed by atoms with Crippen LogP contribution in [-0.2, 0) is 14.8 Å². The van der Waals surface area contributed by atoms with Crippen LogP contribution in [0.2, 0.25) is 5.02 Å². The minimum Gasteiger partial charge on any atom is -0.504 e. The van der Waals surface area contributed by atoms with Crippen molar-refractivity contribution in [3.63, 3.8) is 0 Å². The molecule has 0 amide bonds. The predicted molar refractivity (Wildman–Crippen MR) is 89.7 cm³/mol. The molecule has 0 aliphatic carbocycles. The number of Topliss-reactive ketones (excluding diaryl/α,β-unsaturated/α-hetero) is 1. The van der Waals surface area contributed by atoms with Crippen molar-refractivity contribution >= 4 is 50.4 Å². The van der Waals surface area contributed by atoms with E-state index >= 15 is 0 Å². The molecule has 11 heteroatoms. The number of phenolic OH excluding ortho intramolecular Hbond substituents is 1. The number of hydrazine groups is 1. The van der Waals surface area contributed by atoms with Gasteiger partial charge in [-0.1, -0.05) is 11.6 Å². The molecule has 1 aliphatic heterocycles. The maximum absolute atomic E-state index is 12.5. The number of ketones is 1. The van der Waals surface area contributed by atoms with E-state index in [9.17, 15) is 18.3 Å². The van der Waals surface area contributed by atoms with Gasteiger partial charge in [-0.05, 0) is 24.4 Å². The zero-order chi connectivity index (χ0) is 17.2. The minimum absolute atomic E-state index is 0.0242. The number of nitrogens with two attached hydrogens (primary N) is 1. The molecule has 1 saturated heterocycles. The predicted octanol–water partition coefficient (Wildman–Crippen LogP) is 0.559. The zero-order valence-corrected chi connectivity index (χ0v) is 14.3. The number of aromatic hydroxyl groups is 1. The number of hydrogen-bond donors (Lipinski definition) is 4. The van der Waals surface area contributed by atoms with E-state index in [2.05, 4.69) is 22.4 Å². The quantitative estimate of drug-likeness (QED) is 0.442. The van der Waals surface area contributed by atoms with E-state index in [-0.39, 0.29) is 47.5 Å². The molecule has 1 aromatic carbocycles. The first-order valence-corrected chi connectivity index (χ1v) is 8.84. The van der Waals surface area contributed by atoms with Crippen LogP contribution in [-0.4, -0.2) is 42.5 Å². The summed E-state index contributed by atoms with van der Waals surface area (Å²) in [6.45, 7) is 0.503. The maximum atomic E-state index is 12.5. The van der Waals surface area contributed by atoms with Crippen LogP contribution >= 0.6 is 23.8 Å². The Morgan fingerprint density at radius 3 is 2.52 bits per heavy atom. The van der Waals surface area contributed by atoms with E-state index in [1.54, 1.807) is 0 Å². The zero-order valence-electron chi connectivity index (χ0n) is 11.9. The molecular weight excluding hydrogens is 364 g/mol. The third-order valence-electron chi connectivity index (χ3n) is 3.18. The molecule has 8 nitrogen and oxygen atoms in total. The molecule has 0 atom stereocenters. The number of phenols is 1. The number of halogens is 1. The third-order valence-corrected chi connectivity index (χ3v) is 5.16. The number of thiocarbonyl (C=S) groups is 1. The van der Waals surface area contributed by atoms with Crippen molar-refractivity contribution in [2.24, 2.45) is 5.73 Å². The van der Waals surface area contributed by atoms with Gasteiger partial charge in [0.25, 0.3) is 10.0 Å². The number of nitrogens with zero attached hydrogens (tertiary/aromatic N) is 1. The highest BCUT2D eigenvalue weighted by Gasteiger charge is 2.28. The van der Waals surface area contributed by atoms with Gasteiger partial charge in [-0.3, -0.25) is 4.79 Å². The van der Waals surface area contributed by atoms with E-state index in [0.29, 0.717) is 0 Å². The molecule has 23 heavy (non-hydrogen) atoms. The summed E-state index contributed by atoms with van der Waals surface area (Å²) in [7, 11) is -4.14. The number of benzene rings is 1. The molecule has 2 rings (SSSR count). The fraction of sp³-hybridized carbons (Fsp3) is 0.333. The van der Waals surface area contributed by atoms with Gasteiger partial charge in [-0.2, -0.15) is 0 Å². The second-order valence-electron chi connectivity index (χ2n) is 4.88. The summed E-state index contributed by atoms with van der Waals surface area (Å²) in [4.78, 5) is 13.0. The van der Waals surface area contributed by atoms with Gasteiger partial charge in [-0.15, -0.1) is 4.83 Å². The molecule has 0 unspecified atom stereocenters. The number of carbonyl (C=O) groups is 1.